The Bertz CT molecular complexity index is 203. The van der Waals surface area contributed by atoms with Crippen LogP contribution in [0.1, 0.15) is 20.8 Å². The van der Waals surface area contributed by atoms with E-state index < -0.39 is 11.4 Å². The van der Waals surface area contributed by atoms with Gasteiger partial charge in [-0.05, 0) is 20.8 Å². The molecule has 0 aromatic rings. The van der Waals surface area contributed by atoms with Crippen molar-refractivity contribution in [1.29, 1.82) is 0 Å². The number of halogens is 1. The molecule has 4 nitrogen and oxygen atoms in total. The van der Waals surface area contributed by atoms with Crippen molar-refractivity contribution in [2.45, 2.75) is 26.3 Å². The predicted octanol–water partition coefficient (Wildman–Crippen LogP) is 0.811. The van der Waals surface area contributed by atoms with E-state index in [-0.39, 0.29) is 11.7 Å². The zero-order valence-electron chi connectivity index (χ0n) is 7.30. The van der Waals surface area contributed by atoms with Crippen LogP contribution in [0.25, 0.3) is 0 Å². The van der Waals surface area contributed by atoms with Crippen LogP contribution in [0.4, 0.5) is 0 Å². The Morgan fingerprint density at radius 3 is 2.17 bits per heavy atom. The maximum absolute atomic E-state index is 10.9. The summed E-state index contributed by atoms with van der Waals surface area (Å²) in [5.41, 5.74) is -1.20. The van der Waals surface area contributed by atoms with Crippen LogP contribution in [0, 0.1) is 0 Å². The summed E-state index contributed by atoms with van der Waals surface area (Å²) < 4.78 is 0. The van der Waals surface area contributed by atoms with E-state index in [1.165, 1.54) is 20.8 Å². The third kappa shape index (κ3) is 2.19. The fourth-order valence-corrected chi connectivity index (χ4v) is 0.631. The van der Waals surface area contributed by atoms with E-state index in [1.54, 1.807) is 0 Å². The van der Waals surface area contributed by atoms with E-state index in [9.17, 15) is 14.8 Å². The minimum absolute atomic E-state index is 0.302. The molecule has 0 heterocycles. The molecule has 0 spiro atoms. The summed E-state index contributed by atoms with van der Waals surface area (Å²) in [6, 6.07) is 0. The smallest absolute Gasteiger partial charge is 0.261 e. The van der Waals surface area contributed by atoms with Crippen molar-refractivity contribution in [2.24, 2.45) is 0 Å². The second-order valence-electron chi connectivity index (χ2n) is 2.95. The Balaban J connectivity index is 4.56. The number of Topliss-reactive ketones (excluding diaryl/α,β-unsaturated/α-hetero) is 1. The van der Waals surface area contributed by atoms with Gasteiger partial charge in [0.25, 0.3) is 5.91 Å². The van der Waals surface area contributed by atoms with Gasteiger partial charge < -0.3 is 0 Å². The molecule has 0 aromatic carbocycles. The Kier molecular flexibility index (Phi) is 3.67. The lowest BCUT2D eigenvalue weighted by Gasteiger charge is -2.29. The van der Waals surface area contributed by atoms with Crippen LogP contribution >= 0.6 is 11.6 Å². The number of ketones is 1. The van der Waals surface area contributed by atoms with Crippen molar-refractivity contribution in [3.8, 4) is 0 Å². The summed E-state index contributed by atoms with van der Waals surface area (Å²) in [6.45, 7) is 4.18. The molecule has 70 valence electrons. The molecule has 0 fully saturated rings. The first-order valence-electron chi connectivity index (χ1n) is 3.43. The van der Waals surface area contributed by atoms with Crippen LogP contribution in [0.5, 0.6) is 0 Å². The summed E-state index contributed by atoms with van der Waals surface area (Å²) >= 11 is 5.20. The van der Waals surface area contributed by atoms with Crippen molar-refractivity contribution >= 4 is 23.3 Å². The topological polar surface area (TPSA) is 57.6 Å². The van der Waals surface area contributed by atoms with Gasteiger partial charge in [0.1, 0.15) is 11.4 Å². The van der Waals surface area contributed by atoms with E-state index >= 15 is 0 Å². The zero-order valence-corrected chi connectivity index (χ0v) is 8.05. The summed E-state index contributed by atoms with van der Waals surface area (Å²) in [5, 5.41) is 9.56. The highest BCUT2D eigenvalue weighted by Gasteiger charge is 2.33. The second kappa shape index (κ2) is 3.87. The molecule has 0 radical (unpaired) electrons. The average molecular weight is 194 g/mol. The Morgan fingerprint density at radius 2 is 1.92 bits per heavy atom. The number of carbonyl (C=O) groups is 2. The van der Waals surface area contributed by atoms with E-state index in [0.717, 1.165) is 0 Å². The van der Waals surface area contributed by atoms with Crippen molar-refractivity contribution in [1.82, 2.24) is 5.06 Å². The lowest BCUT2D eigenvalue weighted by Crippen LogP contribution is -2.50. The van der Waals surface area contributed by atoms with Crippen LogP contribution < -0.4 is 0 Å². The number of nitrogens with zero attached hydrogens (tertiary/aromatic N) is 1. The molecule has 0 aliphatic rings. The largest absolute Gasteiger partial charge is 0.297 e. The second-order valence-corrected chi connectivity index (χ2v) is 3.22. The molecule has 0 saturated heterocycles. The van der Waals surface area contributed by atoms with Gasteiger partial charge in [-0.2, -0.15) is 0 Å². The Hall–Kier alpha value is -0.610. The van der Waals surface area contributed by atoms with Crippen molar-refractivity contribution in [3.63, 3.8) is 0 Å². The first kappa shape index (κ1) is 11.4. The number of hydroxylamine groups is 2. The number of amides is 1. The lowest BCUT2D eigenvalue weighted by molar-refractivity contribution is -0.189. The summed E-state index contributed by atoms with van der Waals surface area (Å²) in [7, 11) is 0. The predicted molar refractivity (Wildman–Crippen MR) is 44.1 cm³/mol. The Labute approximate surface area is 76.1 Å². The average Bonchev–Trinajstić information content (AvgIpc) is 2.01. The lowest BCUT2D eigenvalue weighted by atomic mass is 10.0. The molecular weight excluding hydrogens is 182 g/mol. The molecule has 0 aliphatic carbocycles. The number of hydrogen-bond acceptors (Lipinski definition) is 3. The quantitative estimate of drug-likeness (QED) is 0.410. The van der Waals surface area contributed by atoms with Gasteiger partial charge in [-0.15, -0.1) is 11.6 Å². The van der Waals surface area contributed by atoms with Gasteiger partial charge in [-0.25, -0.2) is 5.06 Å². The highest BCUT2D eigenvalue weighted by Crippen LogP contribution is 2.13. The van der Waals surface area contributed by atoms with E-state index in [0.29, 0.717) is 5.06 Å². The molecule has 0 rings (SSSR count). The third-order valence-electron chi connectivity index (χ3n) is 1.74. The summed E-state index contributed by atoms with van der Waals surface area (Å²) in [5.74, 6) is -1.33. The van der Waals surface area contributed by atoms with Crippen LogP contribution in [0.15, 0.2) is 0 Å². The SMILES string of the molecule is CC(=O)C(C)(C)N(O)C(=O)CCl. The van der Waals surface area contributed by atoms with E-state index in [1.807, 2.05) is 0 Å². The minimum atomic E-state index is -1.20. The van der Waals surface area contributed by atoms with Gasteiger partial charge in [0.15, 0.2) is 5.78 Å². The van der Waals surface area contributed by atoms with E-state index in [4.69, 9.17) is 11.6 Å². The van der Waals surface area contributed by atoms with Gasteiger partial charge in [-0.1, -0.05) is 0 Å². The van der Waals surface area contributed by atoms with Crippen molar-refractivity contribution < 1.29 is 14.8 Å². The van der Waals surface area contributed by atoms with Crippen molar-refractivity contribution in [2.75, 3.05) is 5.88 Å². The van der Waals surface area contributed by atoms with Gasteiger partial charge in [0, 0.05) is 0 Å². The van der Waals surface area contributed by atoms with Crippen LogP contribution in [-0.4, -0.2) is 33.4 Å². The third-order valence-corrected chi connectivity index (χ3v) is 1.97. The number of carbonyl (C=O) groups excluding carboxylic acids is 2. The molecular formula is C7H12ClNO3. The standard InChI is InChI=1S/C7H12ClNO3/c1-5(10)7(2,3)9(12)6(11)4-8/h12H,4H2,1-3H3. The molecule has 0 bridgehead atoms. The molecule has 0 aliphatic heterocycles. The Morgan fingerprint density at radius 1 is 1.50 bits per heavy atom. The highest BCUT2D eigenvalue weighted by molar-refractivity contribution is 6.27. The molecule has 12 heavy (non-hydrogen) atoms. The molecule has 0 atom stereocenters. The van der Waals surface area contributed by atoms with Crippen LogP contribution in [0.2, 0.25) is 0 Å². The van der Waals surface area contributed by atoms with Gasteiger partial charge in [0.2, 0.25) is 0 Å². The molecule has 5 heteroatoms. The maximum atomic E-state index is 10.9. The first-order chi connectivity index (χ1) is 5.34. The van der Waals surface area contributed by atoms with Gasteiger partial charge in [0.05, 0.1) is 0 Å². The molecule has 0 saturated carbocycles. The van der Waals surface area contributed by atoms with E-state index in [2.05, 4.69) is 0 Å². The normalized spacial score (nSPS) is 11.1. The van der Waals surface area contributed by atoms with Gasteiger partial charge >= 0.3 is 0 Å². The first-order valence-corrected chi connectivity index (χ1v) is 3.96. The number of rotatable bonds is 3. The summed E-state index contributed by atoms with van der Waals surface area (Å²) in [6.07, 6.45) is 0. The monoisotopic (exact) mass is 193 g/mol. The molecule has 0 aromatic heterocycles. The van der Waals surface area contributed by atoms with Crippen molar-refractivity contribution in [3.05, 3.63) is 0 Å². The van der Waals surface area contributed by atoms with Gasteiger partial charge in [-0.3, -0.25) is 14.8 Å². The fraction of sp³-hybridized carbons (Fsp3) is 0.714. The minimum Gasteiger partial charge on any atom is -0.297 e. The zero-order chi connectivity index (χ0) is 9.94. The molecule has 1 N–H and O–H groups in total. The summed E-state index contributed by atoms with van der Waals surface area (Å²) in [4.78, 5) is 21.8. The maximum Gasteiger partial charge on any atom is 0.261 e. The number of alkyl halides is 1. The fourth-order valence-electron chi connectivity index (χ4n) is 0.517. The van der Waals surface area contributed by atoms with Crippen LogP contribution in [-0.2, 0) is 9.59 Å². The molecule has 0 unspecified atom stereocenters. The highest BCUT2D eigenvalue weighted by atomic mass is 35.5. The molecule has 1 amide bonds. The number of hydrogen-bond donors (Lipinski definition) is 1. The van der Waals surface area contributed by atoms with Crippen LogP contribution in [0.3, 0.4) is 0 Å².